The number of rotatable bonds is 6. The first-order chi connectivity index (χ1) is 6.75. The van der Waals surface area contributed by atoms with Crippen LogP contribution < -0.4 is 0 Å². The average Bonchev–Trinajstić information content (AvgIpc) is 2.11. The largest absolute Gasteiger partial charge is 0.469 e. The van der Waals surface area contributed by atoms with Crippen LogP contribution in [0.25, 0.3) is 0 Å². The summed E-state index contributed by atoms with van der Waals surface area (Å²) in [6.45, 7) is 3.23. The van der Waals surface area contributed by atoms with Gasteiger partial charge in [-0.05, 0) is 13.8 Å². The van der Waals surface area contributed by atoms with Gasteiger partial charge in [-0.25, -0.2) is 8.42 Å². The van der Waals surface area contributed by atoms with Crippen molar-refractivity contribution in [1.29, 1.82) is 0 Å². The molecule has 0 saturated carbocycles. The molecule has 0 unspecified atom stereocenters. The van der Waals surface area contributed by atoms with Crippen molar-refractivity contribution in [3.8, 4) is 0 Å². The highest BCUT2D eigenvalue weighted by molar-refractivity contribution is 7.91. The summed E-state index contributed by atoms with van der Waals surface area (Å²) in [5.41, 5.74) is -1.01. The lowest BCUT2D eigenvalue weighted by atomic mass is 9.97. The van der Waals surface area contributed by atoms with Gasteiger partial charge in [-0.15, -0.1) is 0 Å². The second kappa shape index (κ2) is 5.46. The van der Waals surface area contributed by atoms with E-state index in [1.54, 1.807) is 13.8 Å². The van der Waals surface area contributed by atoms with Gasteiger partial charge in [-0.3, -0.25) is 4.79 Å². The first-order valence-electron chi connectivity index (χ1n) is 4.53. The smallest absolute Gasteiger partial charge is 0.312 e. The summed E-state index contributed by atoms with van der Waals surface area (Å²) in [6.07, 6.45) is 0. The normalized spacial score (nSPS) is 12.5. The van der Waals surface area contributed by atoms with Gasteiger partial charge in [0.05, 0.1) is 30.6 Å². The molecule has 0 atom stereocenters. The van der Waals surface area contributed by atoms with Crippen molar-refractivity contribution < 1.29 is 22.7 Å². The van der Waals surface area contributed by atoms with Crippen LogP contribution in [0, 0.1) is 5.41 Å². The fourth-order valence-electron chi connectivity index (χ4n) is 1.17. The lowest BCUT2D eigenvalue weighted by Gasteiger charge is -2.20. The van der Waals surface area contributed by atoms with Crippen molar-refractivity contribution in [2.24, 2.45) is 5.41 Å². The monoisotopic (exact) mass is 238 g/mol. The molecule has 0 rings (SSSR count). The summed E-state index contributed by atoms with van der Waals surface area (Å²) in [6, 6.07) is 0. The standard InChI is InChI=1S/C9H18O5S/c1-9(2,8(10)14-4)7-15(11,12)6-5-13-3/h5-7H2,1-4H3. The van der Waals surface area contributed by atoms with E-state index >= 15 is 0 Å². The molecular weight excluding hydrogens is 220 g/mol. The summed E-state index contributed by atoms with van der Waals surface area (Å²) in [5.74, 6) is -0.830. The van der Waals surface area contributed by atoms with E-state index in [1.165, 1.54) is 14.2 Å². The van der Waals surface area contributed by atoms with Crippen LogP contribution in [0.4, 0.5) is 0 Å². The predicted molar refractivity (Wildman–Crippen MR) is 56.3 cm³/mol. The third-order valence-electron chi connectivity index (χ3n) is 1.92. The third kappa shape index (κ3) is 5.13. The van der Waals surface area contributed by atoms with Gasteiger partial charge in [-0.2, -0.15) is 0 Å². The maximum Gasteiger partial charge on any atom is 0.312 e. The number of methoxy groups -OCH3 is 2. The van der Waals surface area contributed by atoms with Crippen LogP contribution in [0.1, 0.15) is 13.8 Å². The fourth-order valence-corrected chi connectivity index (χ4v) is 2.95. The highest BCUT2D eigenvalue weighted by Crippen LogP contribution is 2.20. The van der Waals surface area contributed by atoms with E-state index < -0.39 is 21.2 Å². The third-order valence-corrected chi connectivity index (χ3v) is 3.87. The molecule has 0 aliphatic heterocycles. The van der Waals surface area contributed by atoms with E-state index in [1.807, 2.05) is 0 Å². The number of hydrogen-bond acceptors (Lipinski definition) is 5. The fraction of sp³-hybridized carbons (Fsp3) is 0.889. The minimum Gasteiger partial charge on any atom is -0.469 e. The summed E-state index contributed by atoms with van der Waals surface area (Å²) in [5, 5.41) is 0. The molecule has 0 aromatic carbocycles. The SMILES string of the molecule is COCCS(=O)(=O)CC(C)(C)C(=O)OC. The van der Waals surface area contributed by atoms with Crippen molar-refractivity contribution in [2.45, 2.75) is 13.8 Å². The number of hydrogen-bond donors (Lipinski definition) is 0. The first-order valence-corrected chi connectivity index (χ1v) is 6.35. The molecule has 0 bridgehead atoms. The van der Waals surface area contributed by atoms with Gasteiger partial charge < -0.3 is 9.47 Å². The van der Waals surface area contributed by atoms with Crippen molar-refractivity contribution in [1.82, 2.24) is 0 Å². The molecule has 90 valence electrons. The van der Waals surface area contributed by atoms with Crippen LogP contribution in [0.3, 0.4) is 0 Å². The molecule has 0 saturated heterocycles. The molecule has 6 heteroatoms. The Kier molecular flexibility index (Phi) is 5.23. The molecular formula is C9H18O5S. The van der Waals surface area contributed by atoms with Crippen molar-refractivity contribution in [2.75, 3.05) is 32.3 Å². The molecule has 0 N–H and O–H groups in total. The number of ether oxygens (including phenoxy) is 2. The van der Waals surface area contributed by atoms with Crippen molar-refractivity contribution >= 4 is 15.8 Å². The van der Waals surface area contributed by atoms with E-state index in [2.05, 4.69) is 9.47 Å². The zero-order chi connectivity index (χ0) is 12.1. The van der Waals surface area contributed by atoms with Gasteiger partial charge in [0, 0.05) is 7.11 Å². The minimum absolute atomic E-state index is 0.0794. The van der Waals surface area contributed by atoms with Gasteiger partial charge in [-0.1, -0.05) is 0 Å². The Morgan fingerprint density at radius 3 is 2.20 bits per heavy atom. The van der Waals surface area contributed by atoms with Crippen LogP contribution in [0.5, 0.6) is 0 Å². The van der Waals surface area contributed by atoms with Crippen LogP contribution in [-0.2, 0) is 24.1 Å². The van der Waals surface area contributed by atoms with Crippen LogP contribution >= 0.6 is 0 Å². The molecule has 0 amide bonds. The Balaban J connectivity index is 4.51. The van der Waals surface area contributed by atoms with Crippen molar-refractivity contribution in [3.05, 3.63) is 0 Å². The van der Waals surface area contributed by atoms with Gasteiger partial charge in [0.2, 0.25) is 0 Å². The van der Waals surface area contributed by atoms with Crippen molar-refractivity contribution in [3.63, 3.8) is 0 Å². The Labute approximate surface area is 90.7 Å². The molecule has 0 fully saturated rings. The molecule has 0 aromatic heterocycles. The molecule has 0 heterocycles. The summed E-state index contributed by atoms with van der Waals surface area (Å²) in [4.78, 5) is 11.3. The second-order valence-corrected chi connectivity index (χ2v) is 6.14. The molecule has 0 aliphatic carbocycles. The zero-order valence-corrected chi connectivity index (χ0v) is 10.4. The van der Waals surface area contributed by atoms with E-state index in [0.717, 1.165) is 0 Å². The Morgan fingerprint density at radius 2 is 1.80 bits per heavy atom. The first kappa shape index (κ1) is 14.4. The van der Waals surface area contributed by atoms with Gasteiger partial charge >= 0.3 is 5.97 Å². The highest BCUT2D eigenvalue weighted by atomic mass is 32.2. The van der Waals surface area contributed by atoms with Gasteiger partial charge in [0.25, 0.3) is 0 Å². The molecule has 5 nitrogen and oxygen atoms in total. The van der Waals surface area contributed by atoms with E-state index in [4.69, 9.17) is 0 Å². The molecule has 0 radical (unpaired) electrons. The van der Waals surface area contributed by atoms with Gasteiger partial charge in [0.15, 0.2) is 9.84 Å². The summed E-state index contributed by atoms with van der Waals surface area (Å²) in [7, 11) is -0.609. The Hall–Kier alpha value is -0.620. The second-order valence-electron chi connectivity index (χ2n) is 3.96. The molecule has 15 heavy (non-hydrogen) atoms. The van der Waals surface area contributed by atoms with E-state index in [-0.39, 0.29) is 18.1 Å². The van der Waals surface area contributed by atoms with Crippen LogP contribution in [-0.4, -0.2) is 46.7 Å². The lowest BCUT2D eigenvalue weighted by Crippen LogP contribution is -2.35. The molecule has 0 aliphatic rings. The number of carbonyl (C=O) groups is 1. The predicted octanol–water partition coefficient (Wildman–Crippen LogP) is 0.247. The quantitative estimate of drug-likeness (QED) is 0.620. The average molecular weight is 238 g/mol. The molecule has 0 aromatic rings. The molecule has 0 spiro atoms. The lowest BCUT2D eigenvalue weighted by molar-refractivity contribution is -0.149. The van der Waals surface area contributed by atoms with Crippen LogP contribution in [0.15, 0.2) is 0 Å². The number of carbonyl (C=O) groups excluding carboxylic acids is 1. The zero-order valence-electron chi connectivity index (χ0n) is 9.57. The highest BCUT2D eigenvalue weighted by Gasteiger charge is 2.34. The number of sulfone groups is 1. The Morgan fingerprint density at radius 1 is 1.27 bits per heavy atom. The van der Waals surface area contributed by atoms with E-state index in [0.29, 0.717) is 0 Å². The number of esters is 1. The Bertz CT molecular complexity index is 304. The maximum absolute atomic E-state index is 11.5. The summed E-state index contributed by atoms with van der Waals surface area (Å²) >= 11 is 0. The summed E-state index contributed by atoms with van der Waals surface area (Å²) < 4.78 is 32.3. The van der Waals surface area contributed by atoms with E-state index in [9.17, 15) is 13.2 Å². The topological polar surface area (TPSA) is 69.7 Å². The minimum atomic E-state index is -3.28. The van der Waals surface area contributed by atoms with Gasteiger partial charge in [0.1, 0.15) is 0 Å². The van der Waals surface area contributed by atoms with Crippen LogP contribution in [0.2, 0.25) is 0 Å². The maximum atomic E-state index is 11.5.